The van der Waals surface area contributed by atoms with Crippen molar-refractivity contribution in [3.8, 4) is 0 Å². The van der Waals surface area contributed by atoms with Crippen molar-refractivity contribution in [2.75, 3.05) is 0 Å². The number of hydrogen-bond donors (Lipinski definition) is 0. The predicted octanol–water partition coefficient (Wildman–Crippen LogP) is 7.24. The number of fused-ring (bicyclic) bond motifs is 10. The van der Waals surface area contributed by atoms with Crippen molar-refractivity contribution in [2.24, 2.45) is 0 Å². The van der Waals surface area contributed by atoms with Crippen LogP contribution >= 0.6 is 0 Å². The Labute approximate surface area is 136 Å². The van der Waals surface area contributed by atoms with E-state index in [0.29, 0.717) is 4.31 Å². The number of Topliss-reactive ketones (excluding diaryl/α,β-unsaturated/α-hetero) is 1. The molecule has 4 atom stereocenters. The minimum atomic E-state index is -3.09. The molecule has 0 N–H and O–H groups in total. The number of rotatable bonds is 11. The summed E-state index contributed by atoms with van der Waals surface area (Å²) in [5, 5.41) is 0. The zero-order chi connectivity index (χ0) is 15.7. The molecule has 2 heteroatoms. The Kier molecular flexibility index (Phi) is 0.676. The Morgan fingerprint density at radius 1 is 0.708 bits per heavy atom. The summed E-state index contributed by atoms with van der Waals surface area (Å²) in [5.41, 5.74) is 0. The molecular formula is C22H32FeO. The van der Waals surface area contributed by atoms with Gasteiger partial charge in [-0.15, -0.1) is 0 Å². The molecule has 134 valence electrons. The van der Waals surface area contributed by atoms with E-state index in [4.69, 9.17) is 0 Å². The van der Waals surface area contributed by atoms with E-state index in [1.807, 2.05) is 0 Å². The van der Waals surface area contributed by atoms with Crippen LogP contribution < -0.4 is 0 Å². The van der Waals surface area contributed by atoms with Gasteiger partial charge in [0, 0.05) is 0 Å². The first-order valence-corrected chi connectivity index (χ1v) is 17.6. The van der Waals surface area contributed by atoms with Crippen LogP contribution in [0.1, 0.15) is 71.1 Å². The van der Waals surface area contributed by atoms with Crippen LogP contribution in [0.25, 0.3) is 0 Å². The van der Waals surface area contributed by atoms with Crippen LogP contribution in [0.5, 0.6) is 0 Å². The van der Waals surface area contributed by atoms with E-state index < -0.39 is 6.51 Å². The maximum absolute atomic E-state index is 13.4. The molecule has 0 aromatic carbocycles. The van der Waals surface area contributed by atoms with Gasteiger partial charge < -0.3 is 0 Å². The average Bonchev–Trinajstić information content (AvgIpc) is 3.53. The molecule has 10 fully saturated rings. The van der Waals surface area contributed by atoms with Gasteiger partial charge in [-0.1, -0.05) is 6.92 Å². The van der Waals surface area contributed by atoms with E-state index >= 15 is 0 Å². The van der Waals surface area contributed by atoms with Gasteiger partial charge in [-0.25, -0.2) is 0 Å². The van der Waals surface area contributed by atoms with Crippen LogP contribution in [0, 0.1) is 0 Å². The van der Waals surface area contributed by atoms with E-state index in [1.165, 1.54) is 101 Å². The molecular weight excluding hydrogens is 336 g/mol. The average molecular weight is 368 g/mol. The molecule has 0 amide bonds. The second kappa shape index (κ2) is 1.37. The number of unbranched alkanes of at least 4 members (excludes halogenated alkanes) is 8. The summed E-state index contributed by atoms with van der Waals surface area (Å²) in [4.78, 5) is 25.1. The number of carbonyl (C=O) groups is 1. The maximum atomic E-state index is 13.4. The molecule has 10 saturated heterocycles. The Morgan fingerprint density at radius 2 is 1.17 bits per heavy atom. The topological polar surface area (TPSA) is 17.1 Å². The first-order valence-electron chi connectivity index (χ1n) is 11.3. The summed E-state index contributed by atoms with van der Waals surface area (Å²) >= 11 is 0. The summed E-state index contributed by atoms with van der Waals surface area (Å²) in [7, 11) is 0. The molecule has 0 saturated carbocycles. The molecule has 1 spiro atoms. The molecule has 10 aliphatic rings. The fourth-order valence-electron chi connectivity index (χ4n) is 18.7. The van der Waals surface area contributed by atoms with Gasteiger partial charge in [-0.2, -0.15) is 0 Å². The van der Waals surface area contributed by atoms with Gasteiger partial charge in [0.05, 0.1) is 0 Å². The van der Waals surface area contributed by atoms with Crippen molar-refractivity contribution < 1.29 is 11.3 Å². The molecule has 1 nitrogen and oxygen atoms in total. The normalized spacial score (nSPS) is 87.8. The van der Waals surface area contributed by atoms with Crippen LogP contribution in [0.2, 0.25) is 47.7 Å². The van der Waals surface area contributed by atoms with Crippen molar-refractivity contribution in [1.29, 1.82) is 0 Å². The molecule has 4 unspecified atom stereocenters. The van der Waals surface area contributed by atoms with Crippen molar-refractivity contribution in [3.63, 3.8) is 0 Å². The van der Waals surface area contributed by atoms with Crippen LogP contribution in [0.4, 0.5) is 0 Å². The van der Waals surface area contributed by atoms with E-state index in [9.17, 15) is 4.79 Å². The van der Waals surface area contributed by atoms with Gasteiger partial charge >= 0.3 is 129 Å². The van der Waals surface area contributed by atoms with Crippen molar-refractivity contribution in [3.05, 3.63) is 0 Å². The SMILES string of the molecule is CCCCCCCCCCCC(=O)[C]12[CH]3[CH]4[CH]5[CH]1[Fe]45321678[CH]2[CH]1[CH]6[CH]7[CH]28. The van der Waals surface area contributed by atoms with Crippen LogP contribution in [0.3, 0.4) is 0 Å². The van der Waals surface area contributed by atoms with Crippen LogP contribution in [-0.4, -0.2) is 5.78 Å². The molecule has 10 aliphatic heterocycles. The summed E-state index contributed by atoms with van der Waals surface area (Å²) in [5.74, 6) is 0.900. The summed E-state index contributed by atoms with van der Waals surface area (Å²) in [6.45, 7) is -0.801. The van der Waals surface area contributed by atoms with Gasteiger partial charge in [0.25, 0.3) is 0 Å². The zero-order valence-electron chi connectivity index (χ0n) is 15.0. The zero-order valence-corrected chi connectivity index (χ0v) is 16.1. The number of carbonyl (C=O) groups excluding carboxylic acids is 1. The van der Waals surface area contributed by atoms with E-state index in [0.717, 1.165) is 12.2 Å². The summed E-state index contributed by atoms with van der Waals surface area (Å²) in [6, 6.07) is 0. The van der Waals surface area contributed by atoms with Crippen LogP contribution in [-0.2, 0) is 11.3 Å². The molecule has 0 aromatic rings. The Balaban J connectivity index is 0.845. The third-order valence-electron chi connectivity index (χ3n) is 17.6. The number of ketones is 1. The van der Waals surface area contributed by atoms with E-state index in [-0.39, 0.29) is 0 Å². The first kappa shape index (κ1) is 11.8. The minimum absolute atomic E-state index is 0.555. The molecule has 24 heavy (non-hydrogen) atoms. The third-order valence-corrected chi connectivity index (χ3v) is 60.0. The van der Waals surface area contributed by atoms with Gasteiger partial charge in [-0.3, -0.25) is 0 Å². The summed E-state index contributed by atoms with van der Waals surface area (Å²) < 4.78 is 0.555. The first-order chi connectivity index (χ1) is 11.5. The number of hydrogen-bond acceptors (Lipinski definition) is 1. The fraction of sp³-hybridized carbons (Fsp3) is 0.955. The van der Waals surface area contributed by atoms with E-state index in [2.05, 4.69) is 6.92 Å². The quantitative estimate of drug-likeness (QED) is 0.278. The van der Waals surface area contributed by atoms with Gasteiger partial charge in [0.1, 0.15) is 0 Å². The molecule has 0 aromatic heterocycles. The molecule has 0 aliphatic carbocycles. The van der Waals surface area contributed by atoms with Gasteiger partial charge in [0.2, 0.25) is 0 Å². The van der Waals surface area contributed by atoms with Crippen molar-refractivity contribution in [1.82, 2.24) is 0 Å². The van der Waals surface area contributed by atoms with Crippen LogP contribution in [0.15, 0.2) is 0 Å². The second-order valence-electron chi connectivity index (χ2n) is 13.7. The standard InChI is InChI=1S/C17H27O.C5H5.Fe/c1-2-3-4-5-6-7-8-9-10-15-17(18)16-13-11-12-14-16;1-2-4-5-3-1;/h11-14H,2-10,15H2,1H3;1-5H;. The molecule has 0 bridgehead atoms. The molecule has 0 radical (unpaired) electrons. The monoisotopic (exact) mass is 368 g/mol. The molecule has 10 heterocycles. The van der Waals surface area contributed by atoms with Gasteiger partial charge in [-0.05, 0) is 0 Å². The predicted molar refractivity (Wildman–Crippen MR) is 93.3 cm³/mol. The second-order valence-corrected chi connectivity index (χ2v) is 37.2. The summed E-state index contributed by atoms with van der Waals surface area (Å²) in [6.07, 6.45) is 13.5. The van der Waals surface area contributed by atoms with E-state index in [1.54, 1.807) is 0 Å². The Hall–Kier alpha value is 0.189. The Morgan fingerprint density at radius 3 is 1.54 bits per heavy atom. The van der Waals surface area contributed by atoms with Gasteiger partial charge in [0.15, 0.2) is 0 Å². The Bertz CT molecular complexity index is 1000. The molecule has 10 rings (SSSR count). The van der Waals surface area contributed by atoms with Crippen molar-refractivity contribution >= 4 is 5.78 Å². The fourth-order valence-corrected chi connectivity index (χ4v) is 92.9. The third kappa shape index (κ3) is 0.188. The van der Waals surface area contributed by atoms with Crippen molar-refractivity contribution in [2.45, 2.75) is 119 Å².